The third kappa shape index (κ3) is 1.94. The molecule has 0 aliphatic heterocycles. The zero-order valence-electron chi connectivity index (χ0n) is 7.83. The molecule has 2 heteroatoms. The van der Waals surface area contributed by atoms with E-state index in [2.05, 4.69) is 17.5 Å². The number of hydrogen-bond acceptors (Lipinski definition) is 2. The summed E-state index contributed by atoms with van der Waals surface area (Å²) in [5.41, 5.74) is 0.227. The van der Waals surface area contributed by atoms with Gasteiger partial charge in [-0.2, -0.15) is 0 Å². The van der Waals surface area contributed by atoms with Gasteiger partial charge in [-0.25, -0.2) is 0 Å². The summed E-state index contributed by atoms with van der Waals surface area (Å²) in [6.07, 6.45) is 6.10. The monoisotopic (exact) mass is 196 g/mol. The largest absolute Gasteiger partial charge is 0.396 e. The predicted molar refractivity (Wildman–Crippen MR) is 56.0 cm³/mol. The van der Waals surface area contributed by atoms with Gasteiger partial charge in [0.15, 0.2) is 0 Å². The van der Waals surface area contributed by atoms with E-state index in [0.717, 1.165) is 6.42 Å². The van der Waals surface area contributed by atoms with Crippen molar-refractivity contribution in [3.8, 4) is 0 Å². The molecule has 0 amide bonds. The Bertz CT molecular complexity index is 247. The Hall–Kier alpha value is -0.340. The van der Waals surface area contributed by atoms with E-state index in [-0.39, 0.29) is 5.41 Å². The predicted octanol–water partition coefficient (Wildman–Crippen LogP) is 2.84. The lowest BCUT2D eigenvalue weighted by Gasteiger charge is -2.25. The van der Waals surface area contributed by atoms with Gasteiger partial charge >= 0.3 is 0 Å². The highest BCUT2D eigenvalue weighted by Gasteiger charge is 2.33. The summed E-state index contributed by atoms with van der Waals surface area (Å²) in [5, 5.41) is 11.5. The Morgan fingerprint density at radius 2 is 2.15 bits per heavy atom. The number of rotatable bonds is 3. The maximum absolute atomic E-state index is 9.42. The second-order valence-corrected chi connectivity index (χ2v) is 5.15. The lowest BCUT2D eigenvalue weighted by molar-refractivity contribution is 0.131. The molecule has 0 radical (unpaired) electrons. The minimum Gasteiger partial charge on any atom is -0.396 e. The van der Waals surface area contributed by atoms with Crippen molar-refractivity contribution in [2.75, 3.05) is 6.61 Å². The fourth-order valence-corrected chi connectivity index (χ4v) is 3.18. The van der Waals surface area contributed by atoms with E-state index in [1.807, 2.05) is 11.3 Å². The quantitative estimate of drug-likeness (QED) is 0.788. The third-order valence-corrected chi connectivity index (χ3v) is 4.01. The van der Waals surface area contributed by atoms with E-state index in [4.69, 9.17) is 0 Å². The van der Waals surface area contributed by atoms with E-state index in [0.29, 0.717) is 6.61 Å². The van der Waals surface area contributed by atoms with Gasteiger partial charge < -0.3 is 5.11 Å². The van der Waals surface area contributed by atoms with Crippen LogP contribution in [-0.2, 0) is 6.42 Å². The molecule has 0 atom stereocenters. The molecular formula is C11H16OS. The van der Waals surface area contributed by atoms with Gasteiger partial charge in [-0.15, -0.1) is 11.3 Å². The SMILES string of the molecule is OCC1(Cc2cccs2)CCCC1. The minimum absolute atomic E-state index is 0.227. The first-order chi connectivity index (χ1) is 6.35. The number of aliphatic hydroxyl groups is 1. The van der Waals surface area contributed by atoms with Crippen molar-refractivity contribution >= 4 is 11.3 Å². The minimum atomic E-state index is 0.227. The summed E-state index contributed by atoms with van der Waals surface area (Å²) < 4.78 is 0. The highest BCUT2D eigenvalue weighted by atomic mass is 32.1. The van der Waals surface area contributed by atoms with Crippen LogP contribution in [0.4, 0.5) is 0 Å². The molecule has 1 nitrogen and oxygen atoms in total. The smallest absolute Gasteiger partial charge is 0.0490 e. The zero-order valence-corrected chi connectivity index (χ0v) is 8.65. The van der Waals surface area contributed by atoms with Gasteiger partial charge in [0.2, 0.25) is 0 Å². The standard InChI is InChI=1S/C11H16OS/c12-9-11(5-1-2-6-11)8-10-4-3-7-13-10/h3-4,7,12H,1-2,5-6,8-9H2. The molecule has 1 saturated carbocycles. The van der Waals surface area contributed by atoms with E-state index in [9.17, 15) is 5.11 Å². The lowest BCUT2D eigenvalue weighted by atomic mass is 9.83. The van der Waals surface area contributed by atoms with E-state index in [1.54, 1.807) is 0 Å². The summed E-state index contributed by atoms with van der Waals surface area (Å²) in [4.78, 5) is 1.43. The van der Waals surface area contributed by atoms with Crippen LogP contribution >= 0.6 is 11.3 Å². The van der Waals surface area contributed by atoms with Gasteiger partial charge in [0.1, 0.15) is 0 Å². The molecule has 0 saturated heterocycles. The van der Waals surface area contributed by atoms with Gasteiger partial charge in [0.25, 0.3) is 0 Å². The van der Waals surface area contributed by atoms with Crippen LogP contribution in [0, 0.1) is 5.41 Å². The van der Waals surface area contributed by atoms with Crippen LogP contribution in [0.3, 0.4) is 0 Å². The molecule has 1 N–H and O–H groups in total. The Morgan fingerprint density at radius 1 is 1.38 bits per heavy atom. The summed E-state index contributed by atoms with van der Waals surface area (Å²) in [7, 11) is 0. The molecule has 13 heavy (non-hydrogen) atoms. The van der Waals surface area contributed by atoms with E-state index < -0.39 is 0 Å². The summed E-state index contributed by atoms with van der Waals surface area (Å²) in [6, 6.07) is 4.28. The van der Waals surface area contributed by atoms with Gasteiger partial charge in [-0.05, 0) is 36.1 Å². The molecule has 0 unspecified atom stereocenters. The third-order valence-electron chi connectivity index (χ3n) is 3.13. The molecule has 0 spiro atoms. The Balaban J connectivity index is 2.06. The first-order valence-electron chi connectivity index (χ1n) is 4.98. The second kappa shape index (κ2) is 3.81. The fraction of sp³-hybridized carbons (Fsp3) is 0.636. The van der Waals surface area contributed by atoms with Crippen molar-refractivity contribution in [3.05, 3.63) is 22.4 Å². The Morgan fingerprint density at radius 3 is 2.69 bits per heavy atom. The molecule has 72 valence electrons. The van der Waals surface area contributed by atoms with Crippen LogP contribution < -0.4 is 0 Å². The van der Waals surface area contributed by atoms with Crippen molar-refractivity contribution in [1.82, 2.24) is 0 Å². The van der Waals surface area contributed by atoms with Crippen molar-refractivity contribution < 1.29 is 5.11 Å². The molecule has 1 heterocycles. The molecular weight excluding hydrogens is 180 g/mol. The maximum Gasteiger partial charge on any atom is 0.0490 e. The number of thiophene rings is 1. The first-order valence-corrected chi connectivity index (χ1v) is 5.86. The molecule has 1 aliphatic rings. The van der Waals surface area contributed by atoms with Crippen LogP contribution in [0.2, 0.25) is 0 Å². The number of aliphatic hydroxyl groups excluding tert-OH is 1. The van der Waals surface area contributed by atoms with Gasteiger partial charge in [-0.1, -0.05) is 18.9 Å². The Labute approximate surface area is 83.4 Å². The van der Waals surface area contributed by atoms with E-state index in [1.165, 1.54) is 30.6 Å². The van der Waals surface area contributed by atoms with Crippen LogP contribution in [0.25, 0.3) is 0 Å². The topological polar surface area (TPSA) is 20.2 Å². The van der Waals surface area contributed by atoms with Crippen molar-refractivity contribution in [1.29, 1.82) is 0 Å². The van der Waals surface area contributed by atoms with Gasteiger partial charge in [0, 0.05) is 11.5 Å². The molecule has 1 aromatic heterocycles. The Kier molecular flexibility index (Phi) is 2.70. The molecule has 2 rings (SSSR count). The van der Waals surface area contributed by atoms with Crippen LogP contribution in [-0.4, -0.2) is 11.7 Å². The van der Waals surface area contributed by atoms with Crippen molar-refractivity contribution in [3.63, 3.8) is 0 Å². The molecule has 1 aromatic rings. The summed E-state index contributed by atoms with van der Waals surface area (Å²) >= 11 is 1.81. The normalized spacial score (nSPS) is 20.7. The maximum atomic E-state index is 9.42. The van der Waals surface area contributed by atoms with Crippen LogP contribution in [0.5, 0.6) is 0 Å². The fourth-order valence-electron chi connectivity index (χ4n) is 2.30. The average molecular weight is 196 g/mol. The van der Waals surface area contributed by atoms with Crippen molar-refractivity contribution in [2.24, 2.45) is 5.41 Å². The van der Waals surface area contributed by atoms with Gasteiger partial charge in [0.05, 0.1) is 0 Å². The highest BCUT2D eigenvalue weighted by molar-refractivity contribution is 7.09. The lowest BCUT2D eigenvalue weighted by Crippen LogP contribution is -2.23. The summed E-state index contributed by atoms with van der Waals surface area (Å²) in [5.74, 6) is 0. The molecule has 1 aliphatic carbocycles. The van der Waals surface area contributed by atoms with E-state index >= 15 is 0 Å². The zero-order chi connectivity index (χ0) is 9.15. The highest BCUT2D eigenvalue weighted by Crippen LogP contribution is 2.41. The second-order valence-electron chi connectivity index (χ2n) is 4.12. The van der Waals surface area contributed by atoms with Gasteiger partial charge in [-0.3, -0.25) is 0 Å². The average Bonchev–Trinajstić information content (AvgIpc) is 2.77. The van der Waals surface area contributed by atoms with Crippen molar-refractivity contribution in [2.45, 2.75) is 32.1 Å². The molecule has 0 bridgehead atoms. The first kappa shape index (κ1) is 9.22. The van der Waals surface area contributed by atoms with Crippen LogP contribution in [0.1, 0.15) is 30.6 Å². The molecule has 1 fully saturated rings. The number of hydrogen-bond donors (Lipinski definition) is 1. The van der Waals surface area contributed by atoms with Crippen LogP contribution in [0.15, 0.2) is 17.5 Å². The molecule has 0 aromatic carbocycles. The summed E-state index contributed by atoms with van der Waals surface area (Å²) in [6.45, 7) is 0.366.